The van der Waals surface area contributed by atoms with Crippen LogP contribution in [0.25, 0.3) is 22.3 Å². The van der Waals surface area contributed by atoms with E-state index < -0.39 is 11.6 Å². The summed E-state index contributed by atoms with van der Waals surface area (Å²) in [5.41, 5.74) is 2.64. The highest BCUT2D eigenvalue weighted by Gasteiger charge is 2.45. The molecule has 9 heteroatoms. The Hall–Kier alpha value is -3.56. The number of rotatable bonds is 7. The van der Waals surface area contributed by atoms with Gasteiger partial charge in [0.25, 0.3) is 5.56 Å². The number of nitrogens with zero attached hydrogens (tertiary/aromatic N) is 2. The highest BCUT2D eigenvalue weighted by molar-refractivity contribution is 5.89. The van der Waals surface area contributed by atoms with Crippen molar-refractivity contribution in [1.82, 2.24) is 14.9 Å². The van der Waals surface area contributed by atoms with E-state index in [1.54, 1.807) is 17.6 Å². The van der Waals surface area contributed by atoms with Gasteiger partial charge in [0, 0.05) is 30.0 Å². The second-order valence-corrected chi connectivity index (χ2v) is 8.88. The molecule has 2 aliphatic rings. The number of carbonyl (C=O) groups excluding carboxylic acids is 2. The molecule has 0 saturated heterocycles. The molecule has 0 saturated carbocycles. The quantitative estimate of drug-likeness (QED) is 0.305. The Morgan fingerprint density at radius 1 is 1.26 bits per heavy atom. The monoisotopic (exact) mass is 477 g/mol. The summed E-state index contributed by atoms with van der Waals surface area (Å²) < 4.78 is 11.8. The maximum atomic E-state index is 13.5. The van der Waals surface area contributed by atoms with E-state index in [1.165, 1.54) is 6.92 Å². The molecule has 2 aliphatic heterocycles. The van der Waals surface area contributed by atoms with E-state index in [0.717, 1.165) is 22.0 Å². The number of fused-ring (bicyclic) bond motifs is 5. The van der Waals surface area contributed by atoms with Crippen molar-refractivity contribution in [2.75, 3.05) is 19.7 Å². The molecule has 2 aromatic heterocycles. The summed E-state index contributed by atoms with van der Waals surface area (Å²) in [6.07, 6.45) is 0.790. The van der Waals surface area contributed by atoms with Gasteiger partial charge in [-0.2, -0.15) is 0 Å². The van der Waals surface area contributed by atoms with E-state index in [9.17, 15) is 19.5 Å². The minimum absolute atomic E-state index is 0.101. The number of ether oxygens (including phenoxy) is 2. The van der Waals surface area contributed by atoms with Crippen molar-refractivity contribution in [2.24, 2.45) is 0 Å². The summed E-state index contributed by atoms with van der Waals surface area (Å²) in [4.78, 5) is 41.7. The lowest BCUT2D eigenvalue weighted by Crippen LogP contribution is -2.44. The number of nitrogens with one attached hydrogen (secondary N) is 1. The van der Waals surface area contributed by atoms with Crippen molar-refractivity contribution in [1.29, 1.82) is 0 Å². The lowest BCUT2D eigenvalue weighted by atomic mass is 9.86. The SMILES string of the molecule is CCC1(O)C(=O)OCc2c1cc1n(c2=O)Cc2c-1nc1ccccc1c2CCNCCOC(C)=O. The smallest absolute Gasteiger partial charge is 0.343 e. The van der Waals surface area contributed by atoms with Gasteiger partial charge in [0.15, 0.2) is 5.60 Å². The third-order valence-corrected chi connectivity index (χ3v) is 6.85. The highest BCUT2D eigenvalue weighted by Crippen LogP contribution is 2.40. The fourth-order valence-corrected chi connectivity index (χ4v) is 5.00. The average Bonchev–Trinajstić information content (AvgIpc) is 3.22. The van der Waals surface area contributed by atoms with Crippen LogP contribution in [0.5, 0.6) is 0 Å². The first kappa shape index (κ1) is 23.2. The summed E-state index contributed by atoms with van der Waals surface area (Å²) in [6, 6.07) is 9.58. The molecule has 0 aliphatic carbocycles. The molecular formula is C26H27N3O6. The molecule has 1 unspecified atom stereocenters. The van der Waals surface area contributed by atoms with Gasteiger partial charge >= 0.3 is 11.9 Å². The van der Waals surface area contributed by atoms with Gasteiger partial charge in [-0.15, -0.1) is 0 Å². The number of esters is 2. The zero-order valence-corrected chi connectivity index (χ0v) is 19.7. The Kier molecular flexibility index (Phi) is 5.90. The lowest BCUT2D eigenvalue weighted by Gasteiger charge is -2.31. The maximum Gasteiger partial charge on any atom is 0.343 e. The van der Waals surface area contributed by atoms with Crippen LogP contribution in [0, 0.1) is 0 Å². The zero-order chi connectivity index (χ0) is 24.7. The topological polar surface area (TPSA) is 120 Å². The Labute approximate surface area is 201 Å². The number of hydrogen-bond donors (Lipinski definition) is 2. The van der Waals surface area contributed by atoms with Crippen molar-refractivity contribution < 1.29 is 24.2 Å². The van der Waals surface area contributed by atoms with Crippen LogP contribution in [-0.2, 0) is 44.2 Å². The molecule has 9 nitrogen and oxygen atoms in total. The second kappa shape index (κ2) is 8.90. The van der Waals surface area contributed by atoms with Crippen molar-refractivity contribution in [3.63, 3.8) is 0 Å². The van der Waals surface area contributed by atoms with Gasteiger partial charge < -0.3 is 24.5 Å². The van der Waals surface area contributed by atoms with E-state index >= 15 is 0 Å². The van der Waals surface area contributed by atoms with Crippen LogP contribution in [0.3, 0.4) is 0 Å². The molecule has 182 valence electrons. The minimum Gasteiger partial charge on any atom is -0.465 e. The van der Waals surface area contributed by atoms with Crippen LogP contribution in [0.2, 0.25) is 0 Å². The molecule has 4 heterocycles. The number of carbonyl (C=O) groups is 2. The van der Waals surface area contributed by atoms with Crippen LogP contribution in [0.4, 0.5) is 0 Å². The lowest BCUT2D eigenvalue weighted by molar-refractivity contribution is -0.172. The average molecular weight is 478 g/mol. The molecule has 5 rings (SSSR count). The van der Waals surface area contributed by atoms with Crippen molar-refractivity contribution in [3.05, 3.63) is 62.9 Å². The van der Waals surface area contributed by atoms with Crippen LogP contribution in [0.15, 0.2) is 35.1 Å². The summed E-state index contributed by atoms with van der Waals surface area (Å²) in [5, 5.41) is 15.4. The third kappa shape index (κ3) is 3.81. The fraction of sp³-hybridized carbons (Fsp3) is 0.385. The van der Waals surface area contributed by atoms with Crippen molar-refractivity contribution in [2.45, 2.75) is 45.4 Å². The zero-order valence-electron chi connectivity index (χ0n) is 19.7. The van der Waals surface area contributed by atoms with Gasteiger partial charge in [0.2, 0.25) is 0 Å². The summed E-state index contributed by atoms with van der Waals surface area (Å²) >= 11 is 0. The number of aliphatic hydroxyl groups is 1. The predicted molar refractivity (Wildman–Crippen MR) is 128 cm³/mol. The van der Waals surface area contributed by atoms with Gasteiger partial charge in [-0.05, 0) is 37.1 Å². The Morgan fingerprint density at radius 3 is 2.83 bits per heavy atom. The molecule has 1 atom stereocenters. The molecule has 2 N–H and O–H groups in total. The van der Waals surface area contributed by atoms with Crippen LogP contribution < -0.4 is 10.9 Å². The maximum absolute atomic E-state index is 13.5. The van der Waals surface area contributed by atoms with E-state index in [2.05, 4.69) is 5.32 Å². The van der Waals surface area contributed by atoms with Crippen molar-refractivity contribution in [3.8, 4) is 11.4 Å². The highest BCUT2D eigenvalue weighted by atomic mass is 16.6. The molecule has 3 aromatic rings. The molecule has 0 spiro atoms. The number of pyridine rings is 2. The number of hydrogen-bond acceptors (Lipinski definition) is 8. The summed E-state index contributed by atoms with van der Waals surface area (Å²) in [5.74, 6) is -1.04. The van der Waals surface area contributed by atoms with Gasteiger partial charge in [0.05, 0.1) is 29.0 Å². The second-order valence-electron chi connectivity index (χ2n) is 8.88. The predicted octanol–water partition coefficient (Wildman–Crippen LogP) is 1.77. The van der Waals surface area contributed by atoms with Gasteiger partial charge in [-0.1, -0.05) is 25.1 Å². The molecule has 0 amide bonds. The first-order chi connectivity index (χ1) is 16.8. The Morgan fingerprint density at radius 2 is 2.06 bits per heavy atom. The standard InChI is InChI=1S/C26H27N3O6/c1-3-26(33)20-12-22-23-18(13-29(22)24(31)19(20)14-35-25(26)32)16(8-9-27-10-11-34-15(2)30)17-6-4-5-7-21(17)28-23/h4-7,12,27,33H,3,8-11,13-14H2,1-2H3. The normalized spacial score (nSPS) is 18.1. The number of para-hydroxylation sites is 1. The van der Waals surface area contributed by atoms with Gasteiger partial charge in [0.1, 0.15) is 13.2 Å². The van der Waals surface area contributed by atoms with Crippen LogP contribution in [-0.4, -0.2) is 46.3 Å². The number of cyclic esters (lactones) is 1. The summed E-state index contributed by atoms with van der Waals surface area (Å²) in [6.45, 7) is 4.78. The number of benzene rings is 1. The largest absolute Gasteiger partial charge is 0.465 e. The number of aromatic nitrogens is 2. The first-order valence-electron chi connectivity index (χ1n) is 11.8. The van der Waals surface area contributed by atoms with E-state index in [0.29, 0.717) is 55.2 Å². The van der Waals surface area contributed by atoms with Gasteiger partial charge in [-0.3, -0.25) is 9.59 Å². The Balaban J connectivity index is 1.57. The first-order valence-corrected chi connectivity index (χ1v) is 11.8. The van der Waals surface area contributed by atoms with E-state index in [4.69, 9.17) is 14.5 Å². The molecule has 1 aromatic carbocycles. The van der Waals surface area contributed by atoms with E-state index in [1.807, 2.05) is 24.3 Å². The molecule has 35 heavy (non-hydrogen) atoms. The third-order valence-electron chi connectivity index (χ3n) is 6.85. The molecule has 0 radical (unpaired) electrons. The van der Waals surface area contributed by atoms with Crippen LogP contribution in [0.1, 0.15) is 42.5 Å². The Bertz CT molecular complexity index is 1410. The van der Waals surface area contributed by atoms with Crippen molar-refractivity contribution >= 4 is 22.8 Å². The fourth-order valence-electron chi connectivity index (χ4n) is 5.00. The minimum atomic E-state index is -1.85. The molecule has 0 fully saturated rings. The molecule has 0 bridgehead atoms. The molecular weight excluding hydrogens is 450 g/mol. The summed E-state index contributed by atoms with van der Waals surface area (Å²) in [7, 11) is 0. The van der Waals surface area contributed by atoms with E-state index in [-0.39, 0.29) is 24.6 Å². The van der Waals surface area contributed by atoms with Crippen LogP contribution >= 0.6 is 0 Å². The van der Waals surface area contributed by atoms with Gasteiger partial charge in [-0.25, -0.2) is 9.78 Å².